The van der Waals surface area contributed by atoms with Gasteiger partial charge in [-0.1, -0.05) is 25.4 Å². The second kappa shape index (κ2) is 5.44. The largest absolute Gasteiger partial charge is 0.429 e. The molecule has 0 amide bonds. The van der Waals surface area contributed by atoms with Crippen molar-refractivity contribution in [2.75, 3.05) is 0 Å². The Morgan fingerprint density at radius 2 is 1.72 bits per heavy atom. The second-order valence-electron chi connectivity index (χ2n) is 5.26. The van der Waals surface area contributed by atoms with Gasteiger partial charge < -0.3 is 4.65 Å². The van der Waals surface area contributed by atoms with E-state index in [9.17, 15) is 8.78 Å². The first kappa shape index (κ1) is 15.9. The van der Waals surface area contributed by atoms with E-state index in [0.717, 1.165) is 12.1 Å². The standard InChI is InChI=1S/C12H16BClF2OP/c1-11(2,12(3,4)18)17-13-7-5-10(16)8(14)6-9(7)15/h5-6H,18H2,1-4H3. The molecule has 0 spiro atoms. The second-order valence-corrected chi connectivity index (χ2v) is 7.11. The molecule has 18 heavy (non-hydrogen) atoms. The zero-order valence-corrected chi connectivity index (χ0v) is 12.8. The molecule has 0 aliphatic rings. The highest BCUT2D eigenvalue weighted by atomic mass is 35.5. The third-order valence-corrected chi connectivity index (χ3v) is 4.06. The zero-order valence-electron chi connectivity index (χ0n) is 10.9. The maximum atomic E-state index is 13.5. The molecule has 0 aromatic heterocycles. The van der Waals surface area contributed by atoms with Crippen LogP contribution in [0.1, 0.15) is 27.7 Å². The van der Waals surface area contributed by atoms with Gasteiger partial charge in [-0.05, 0) is 31.4 Å². The molecule has 0 N–H and O–H groups in total. The number of halogens is 3. The molecule has 1 rings (SSSR count). The molecule has 1 aromatic carbocycles. The molecular formula is C12H16BClF2OP. The molecule has 0 heterocycles. The van der Waals surface area contributed by atoms with Gasteiger partial charge in [0.15, 0.2) is 0 Å². The lowest BCUT2D eigenvalue weighted by atomic mass is 9.83. The van der Waals surface area contributed by atoms with E-state index in [1.807, 2.05) is 27.7 Å². The molecule has 1 atom stereocenters. The monoisotopic (exact) mass is 291 g/mol. The predicted octanol–water partition coefficient (Wildman–Crippen LogP) is 3.31. The third-order valence-electron chi connectivity index (χ3n) is 3.07. The van der Waals surface area contributed by atoms with Gasteiger partial charge in [-0.2, -0.15) is 0 Å². The van der Waals surface area contributed by atoms with Crippen LogP contribution in [-0.4, -0.2) is 18.2 Å². The van der Waals surface area contributed by atoms with Gasteiger partial charge in [-0.15, -0.1) is 9.24 Å². The van der Waals surface area contributed by atoms with Crippen molar-refractivity contribution >= 4 is 33.8 Å². The lowest BCUT2D eigenvalue weighted by Gasteiger charge is -2.39. The minimum atomic E-state index is -0.671. The summed E-state index contributed by atoms with van der Waals surface area (Å²) in [4.78, 5) is 0. The quantitative estimate of drug-likeness (QED) is 0.470. The van der Waals surface area contributed by atoms with E-state index in [-0.39, 0.29) is 15.6 Å². The lowest BCUT2D eigenvalue weighted by Crippen LogP contribution is -2.45. The zero-order chi connectivity index (χ0) is 14.1. The Bertz CT molecular complexity index is 446. The van der Waals surface area contributed by atoms with E-state index < -0.39 is 17.2 Å². The molecule has 1 nitrogen and oxygen atoms in total. The van der Waals surface area contributed by atoms with Crippen molar-refractivity contribution in [3.05, 3.63) is 28.8 Å². The van der Waals surface area contributed by atoms with Crippen molar-refractivity contribution in [2.45, 2.75) is 38.5 Å². The summed E-state index contributed by atoms with van der Waals surface area (Å²) < 4.78 is 32.3. The molecule has 1 radical (unpaired) electrons. The summed E-state index contributed by atoms with van der Waals surface area (Å²) in [5.74, 6) is -1.28. The first-order valence-electron chi connectivity index (χ1n) is 5.49. The summed E-state index contributed by atoms with van der Waals surface area (Å²) in [5, 5.41) is -0.458. The van der Waals surface area contributed by atoms with Crippen LogP contribution in [0.5, 0.6) is 0 Å². The van der Waals surface area contributed by atoms with Crippen LogP contribution in [0.3, 0.4) is 0 Å². The van der Waals surface area contributed by atoms with Crippen LogP contribution in [0.4, 0.5) is 8.78 Å². The molecule has 0 saturated carbocycles. The van der Waals surface area contributed by atoms with Crippen LogP contribution in [-0.2, 0) is 4.65 Å². The van der Waals surface area contributed by atoms with E-state index in [1.165, 1.54) is 7.48 Å². The Hall–Kier alpha value is -0.175. The average molecular weight is 291 g/mol. The maximum Gasteiger partial charge on any atom is 0.333 e. The molecule has 0 aliphatic heterocycles. The summed E-state index contributed by atoms with van der Waals surface area (Å²) in [5.41, 5.74) is -0.501. The smallest absolute Gasteiger partial charge is 0.333 e. The van der Waals surface area contributed by atoms with Gasteiger partial charge in [-0.3, -0.25) is 0 Å². The number of benzene rings is 1. The van der Waals surface area contributed by atoms with Crippen LogP contribution < -0.4 is 5.46 Å². The third kappa shape index (κ3) is 3.66. The fraction of sp³-hybridized carbons (Fsp3) is 0.500. The Morgan fingerprint density at radius 3 is 2.22 bits per heavy atom. The highest BCUT2D eigenvalue weighted by Gasteiger charge is 2.34. The van der Waals surface area contributed by atoms with Gasteiger partial charge in [-0.25, -0.2) is 8.78 Å². The van der Waals surface area contributed by atoms with Crippen molar-refractivity contribution < 1.29 is 13.4 Å². The maximum absolute atomic E-state index is 13.5. The summed E-state index contributed by atoms with van der Waals surface area (Å²) in [6.07, 6.45) is 0. The van der Waals surface area contributed by atoms with E-state index in [1.54, 1.807) is 0 Å². The molecule has 99 valence electrons. The molecule has 0 fully saturated rings. The van der Waals surface area contributed by atoms with Gasteiger partial charge >= 0.3 is 7.48 Å². The van der Waals surface area contributed by atoms with Crippen molar-refractivity contribution in [3.63, 3.8) is 0 Å². The van der Waals surface area contributed by atoms with Gasteiger partial charge in [0.2, 0.25) is 0 Å². The van der Waals surface area contributed by atoms with E-state index >= 15 is 0 Å². The summed E-state index contributed by atoms with van der Waals surface area (Å²) in [6.45, 7) is 7.70. The van der Waals surface area contributed by atoms with Gasteiger partial charge in [0.25, 0.3) is 0 Å². The van der Waals surface area contributed by atoms with Crippen LogP contribution >= 0.6 is 20.8 Å². The predicted molar refractivity (Wildman–Crippen MR) is 75.7 cm³/mol. The number of hydrogen-bond donors (Lipinski definition) is 0. The Morgan fingerprint density at radius 1 is 1.17 bits per heavy atom. The van der Waals surface area contributed by atoms with Crippen LogP contribution in [0.2, 0.25) is 5.02 Å². The Balaban J connectivity index is 2.85. The van der Waals surface area contributed by atoms with Gasteiger partial charge in [0, 0.05) is 5.16 Å². The molecule has 0 bridgehead atoms. The fourth-order valence-electron chi connectivity index (χ4n) is 0.991. The normalized spacial score (nSPS) is 12.7. The van der Waals surface area contributed by atoms with E-state index in [4.69, 9.17) is 16.3 Å². The van der Waals surface area contributed by atoms with Gasteiger partial charge in [0.1, 0.15) is 11.6 Å². The lowest BCUT2D eigenvalue weighted by molar-refractivity contribution is 0.0839. The van der Waals surface area contributed by atoms with Crippen LogP contribution in [0, 0.1) is 11.6 Å². The first-order chi connectivity index (χ1) is 8.04. The molecular weight excluding hydrogens is 275 g/mol. The minimum absolute atomic E-state index is 0.0409. The fourth-order valence-corrected chi connectivity index (χ4v) is 1.21. The molecule has 1 aromatic rings. The van der Waals surface area contributed by atoms with Crippen molar-refractivity contribution in [3.8, 4) is 0 Å². The minimum Gasteiger partial charge on any atom is -0.429 e. The summed E-state index contributed by atoms with van der Waals surface area (Å²) in [6, 6.07) is 1.95. The number of hydrogen-bond acceptors (Lipinski definition) is 1. The van der Waals surface area contributed by atoms with Crippen LogP contribution in [0.15, 0.2) is 12.1 Å². The molecule has 1 unspecified atom stereocenters. The average Bonchev–Trinajstić information content (AvgIpc) is 2.20. The van der Waals surface area contributed by atoms with E-state index in [2.05, 4.69) is 9.24 Å². The highest BCUT2D eigenvalue weighted by Crippen LogP contribution is 2.33. The Kier molecular flexibility index (Phi) is 4.80. The topological polar surface area (TPSA) is 9.23 Å². The molecule has 6 heteroatoms. The Labute approximate surface area is 115 Å². The summed E-state index contributed by atoms with van der Waals surface area (Å²) in [7, 11) is 3.89. The van der Waals surface area contributed by atoms with Crippen LogP contribution in [0.25, 0.3) is 0 Å². The molecule has 0 saturated heterocycles. The highest BCUT2D eigenvalue weighted by molar-refractivity contribution is 7.19. The first-order valence-corrected chi connectivity index (χ1v) is 6.44. The van der Waals surface area contributed by atoms with E-state index in [0.29, 0.717) is 0 Å². The van der Waals surface area contributed by atoms with Crippen molar-refractivity contribution in [1.29, 1.82) is 0 Å². The summed E-state index contributed by atoms with van der Waals surface area (Å²) >= 11 is 5.48. The SMILES string of the molecule is CC(C)(P)C(C)(C)O[B]c1cc(F)c(Cl)cc1F. The van der Waals surface area contributed by atoms with Crippen molar-refractivity contribution in [1.82, 2.24) is 0 Å². The number of rotatable bonds is 4. The van der Waals surface area contributed by atoms with Crippen molar-refractivity contribution in [2.24, 2.45) is 0 Å². The van der Waals surface area contributed by atoms with Gasteiger partial charge in [0.05, 0.1) is 10.6 Å². The molecule has 0 aliphatic carbocycles.